The SMILES string of the molecule is CCOCCCN1C(=O)C(Nc2cccc(C)c2C)=C(c2cccs2)C1=O. The zero-order valence-electron chi connectivity index (χ0n) is 15.9. The highest BCUT2D eigenvalue weighted by atomic mass is 32.1. The second kappa shape index (κ2) is 8.50. The highest BCUT2D eigenvalue weighted by Gasteiger charge is 2.39. The molecular formula is C21H24N2O3S. The Labute approximate surface area is 163 Å². The van der Waals surface area contributed by atoms with Crippen LogP contribution >= 0.6 is 11.3 Å². The number of ether oxygens (including phenoxy) is 1. The summed E-state index contributed by atoms with van der Waals surface area (Å²) in [6, 6.07) is 9.66. The Kier molecular flexibility index (Phi) is 6.08. The molecule has 1 aromatic carbocycles. The molecule has 2 heterocycles. The fraction of sp³-hybridized carbons (Fsp3) is 0.333. The van der Waals surface area contributed by atoms with E-state index in [1.54, 1.807) is 0 Å². The minimum atomic E-state index is -0.277. The second-order valence-electron chi connectivity index (χ2n) is 6.41. The van der Waals surface area contributed by atoms with Gasteiger partial charge in [-0.15, -0.1) is 11.3 Å². The van der Waals surface area contributed by atoms with Gasteiger partial charge in [0.1, 0.15) is 5.70 Å². The number of rotatable bonds is 8. The molecule has 1 N–H and O–H groups in total. The van der Waals surface area contributed by atoms with E-state index in [2.05, 4.69) is 5.32 Å². The molecule has 0 unspecified atom stereocenters. The number of carbonyl (C=O) groups is 2. The highest BCUT2D eigenvalue weighted by Crippen LogP contribution is 2.33. The molecule has 1 aromatic heterocycles. The van der Waals surface area contributed by atoms with Gasteiger partial charge >= 0.3 is 0 Å². The van der Waals surface area contributed by atoms with Crippen molar-refractivity contribution in [2.75, 3.05) is 25.1 Å². The lowest BCUT2D eigenvalue weighted by Crippen LogP contribution is -2.34. The Bertz CT molecular complexity index is 872. The summed E-state index contributed by atoms with van der Waals surface area (Å²) in [4.78, 5) is 28.2. The van der Waals surface area contributed by atoms with Gasteiger partial charge in [-0.2, -0.15) is 0 Å². The molecule has 5 nitrogen and oxygen atoms in total. The van der Waals surface area contributed by atoms with Crippen LogP contribution in [0.4, 0.5) is 5.69 Å². The van der Waals surface area contributed by atoms with Crippen LogP contribution in [0.5, 0.6) is 0 Å². The molecular weight excluding hydrogens is 360 g/mol. The molecule has 0 saturated carbocycles. The smallest absolute Gasteiger partial charge is 0.278 e. The minimum absolute atomic E-state index is 0.244. The summed E-state index contributed by atoms with van der Waals surface area (Å²) < 4.78 is 5.34. The van der Waals surface area contributed by atoms with Gasteiger partial charge < -0.3 is 10.1 Å². The number of benzene rings is 1. The third-order valence-corrected chi connectivity index (χ3v) is 5.56. The van der Waals surface area contributed by atoms with Crippen LogP contribution in [0.15, 0.2) is 41.4 Å². The number of hydrogen-bond acceptors (Lipinski definition) is 5. The summed E-state index contributed by atoms with van der Waals surface area (Å²) in [6.45, 7) is 7.46. The van der Waals surface area contributed by atoms with Crippen molar-refractivity contribution in [1.29, 1.82) is 0 Å². The van der Waals surface area contributed by atoms with Gasteiger partial charge in [-0.1, -0.05) is 18.2 Å². The lowest BCUT2D eigenvalue weighted by molar-refractivity contribution is -0.137. The van der Waals surface area contributed by atoms with Crippen molar-refractivity contribution in [3.8, 4) is 0 Å². The van der Waals surface area contributed by atoms with Gasteiger partial charge in [0.05, 0.1) is 5.57 Å². The predicted molar refractivity (Wildman–Crippen MR) is 109 cm³/mol. The number of aryl methyl sites for hydroxylation is 1. The molecule has 0 bridgehead atoms. The summed E-state index contributed by atoms with van der Waals surface area (Å²) in [5, 5.41) is 5.15. The maximum Gasteiger partial charge on any atom is 0.278 e. The predicted octanol–water partition coefficient (Wildman–Crippen LogP) is 3.98. The number of nitrogens with zero attached hydrogens (tertiary/aromatic N) is 1. The number of anilines is 1. The molecule has 0 saturated heterocycles. The largest absolute Gasteiger partial charge is 0.382 e. The van der Waals surface area contributed by atoms with E-state index < -0.39 is 0 Å². The molecule has 0 fully saturated rings. The van der Waals surface area contributed by atoms with Gasteiger partial charge in [0.2, 0.25) is 0 Å². The molecule has 2 aromatic rings. The molecule has 142 valence electrons. The molecule has 1 aliphatic rings. The van der Waals surface area contributed by atoms with Crippen LogP contribution < -0.4 is 5.32 Å². The van der Waals surface area contributed by atoms with E-state index in [1.165, 1.54) is 16.2 Å². The van der Waals surface area contributed by atoms with Crippen LogP contribution in [0.3, 0.4) is 0 Å². The molecule has 0 atom stereocenters. The van der Waals surface area contributed by atoms with Crippen molar-refractivity contribution in [2.24, 2.45) is 0 Å². The maximum absolute atomic E-state index is 13.0. The van der Waals surface area contributed by atoms with Crippen molar-refractivity contribution in [3.63, 3.8) is 0 Å². The summed E-state index contributed by atoms with van der Waals surface area (Å²) >= 11 is 1.46. The van der Waals surface area contributed by atoms with Crippen molar-refractivity contribution in [2.45, 2.75) is 27.2 Å². The number of imide groups is 1. The van der Waals surface area contributed by atoms with E-state index in [0.717, 1.165) is 21.7 Å². The van der Waals surface area contributed by atoms with Crippen molar-refractivity contribution < 1.29 is 14.3 Å². The summed E-state index contributed by atoms with van der Waals surface area (Å²) in [5.41, 5.74) is 3.84. The molecule has 6 heteroatoms. The number of carbonyl (C=O) groups excluding carboxylic acids is 2. The fourth-order valence-electron chi connectivity index (χ4n) is 3.03. The van der Waals surface area contributed by atoms with Gasteiger partial charge in [0.25, 0.3) is 11.8 Å². The van der Waals surface area contributed by atoms with Gasteiger partial charge in [-0.3, -0.25) is 14.5 Å². The topological polar surface area (TPSA) is 58.6 Å². The molecule has 2 amide bonds. The Morgan fingerprint density at radius 1 is 1.11 bits per heavy atom. The van der Waals surface area contributed by atoms with Crippen molar-refractivity contribution in [3.05, 3.63) is 57.4 Å². The minimum Gasteiger partial charge on any atom is -0.382 e. The first-order valence-corrected chi connectivity index (χ1v) is 9.97. The van der Waals surface area contributed by atoms with Crippen LogP contribution in [0, 0.1) is 13.8 Å². The average Bonchev–Trinajstić information content (AvgIpc) is 3.25. The van der Waals surface area contributed by atoms with Crippen molar-refractivity contribution >= 4 is 34.4 Å². The number of nitrogens with one attached hydrogen (secondary N) is 1. The van der Waals surface area contributed by atoms with E-state index in [4.69, 9.17) is 4.74 Å². The van der Waals surface area contributed by atoms with Gasteiger partial charge in [0, 0.05) is 30.3 Å². The molecule has 1 aliphatic heterocycles. The first-order chi connectivity index (χ1) is 13.0. The van der Waals surface area contributed by atoms with Crippen LogP contribution in [-0.2, 0) is 14.3 Å². The lowest BCUT2D eigenvalue weighted by atomic mass is 10.1. The third-order valence-electron chi connectivity index (χ3n) is 4.67. The number of hydrogen-bond donors (Lipinski definition) is 1. The Morgan fingerprint density at radius 2 is 1.93 bits per heavy atom. The highest BCUT2D eigenvalue weighted by molar-refractivity contribution is 7.11. The van der Waals surface area contributed by atoms with Crippen LogP contribution in [0.1, 0.15) is 29.3 Å². The monoisotopic (exact) mass is 384 g/mol. The van der Waals surface area contributed by atoms with Gasteiger partial charge in [-0.05, 0) is 55.8 Å². The van der Waals surface area contributed by atoms with E-state index in [0.29, 0.717) is 37.4 Å². The Morgan fingerprint density at radius 3 is 2.63 bits per heavy atom. The van der Waals surface area contributed by atoms with E-state index in [9.17, 15) is 9.59 Å². The zero-order chi connectivity index (χ0) is 19.4. The number of thiophene rings is 1. The Hall–Kier alpha value is -2.44. The van der Waals surface area contributed by atoms with Gasteiger partial charge in [0.15, 0.2) is 0 Å². The molecule has 0 aliphatic carbocycles. The third kappa shape index (κ3) is 3.96. The fourth-order valence-corrected chi connectivity index (χ4v) is 3.80. The van der Waals surface area contributed by atoms with E-state index in [1.807, 2.05) is 56.5 Å². The van der Waals surface area contributed by atoms with Crippen LogP contribution in [-0.4, -0.2) is 36.5 Å². The van der Waals surface area contributed by atoms with E-state index >= 15 is 0 Å². The lowest BCUT2D eigenvalue weighted by Gasteiger charge is -2.16. The first kappa shape index (κ1) is 19.3. The summed E-state index contributed by atoms with van der Waals surface area (Å²) in [6.07, 6.45) is 0.625. The van der Waals surface area contributed by atoms with Gasteiger partial charge in [-0.25, -0.2) is 0 Å². The summed E-state index contributed by atoms with van der Waals surface area (Å²) in [7, 11) is 0. The molecule has 0 spiro atoms. The first-order valence-electron chi connectivity index (χ1n) is 9.10. The second-order valence-corrected chi connectivity index (χ2v) is 7.36. The Balaban J connectivity index is 1.92. The standard InChI is InChI=1S/C21H24N2O3S/c1-4-26-12-7-11-23-20(24)18(17-10-6-13-27-17)19(21(23)25)22-16-9-5-8-14(2)15(16)3/h5-6,8-10,13,22H,4,7,11-12H2,1-3H3. The zero-order valence-corrected chi connectivity index (χ0v) is 16.7. The van der Waals surface area contributed by atoms with Crippen LogP contribution in [0.2, 0.25) is 0 Å². The maximum atomic E-state index is 13.0. The average molecular weight is 385 g/mol. The molecule has 0 radical (unpaired) electrons. The number of amides is 2. The normalized spacial score (nSPS) is 14.4. The quantitative estimate of drug-likeness (QED) is 0.552. The summed E-state index contributed by atoms with van der Waals surface area (Å²) in [5.74, 6) is -0.521. The molecule has 3 rings (SSSR count). The van der Waals surface area contributed by atoms with Crippen LogP contribution in [0.25, 0.3) is 5.57 Å². The van der Waals surface area contributed by atoms with E-state index in [-0.39, 0.29) is 11.8 Å². The molecule has 27 heavy (non-hydrogen) atoms. The van der Waals surface area contributed by atoms with Crippen molar-refractivity contribution in [1.82, 2.24) is 4.90 Å².